The summed E-state index contributed by atoms with van der Waals surface area (Å²) in [5.74, 6) is 0.538. The molecule has 2 rings (SSSR count). The molecule has 25 heavy (non-hydrogen) atoms. The van der Waals surface area contributed by atoms with E-state index in [2.05, 4.69) is 47.3 Å². The molecule has 1 unspecified atom stereocenters. The van der Waals surface area contributed by atoms with Gasteiger partial charge in [0.15, 0.2) is 5.96 Å². The van der Waals surface area contributed by atoms with Gasteiger partial charge in [-0.25, -0.2) is 13.6 Å². The minimum Gasteiger partial charge on any atom is -0.370 e. The Morgan fingerprint density at radius 2 is 2.20 bits per heavy atom. The van der Waals surface area contributed by atoms with Crippen LogP contribution < -0.4 is 10.5 Å². The number of aryl methyl sites for hydroxylation is 2. The lowest BCUT2D eigenvalue weighted by atomic mass is 10.00. The molecule has 0 radical (unpaired) electrons. The van der Waals surface area contributed by atoms with Crippen molar-refractivity contribution in [3.05, 3.63) is 34.9 Å². The van der Waals surface area contributed by atoms with Gasteiger partial charge in [-0.05, 0) is 31.9 Å². The minimum absolute atomic E-state index is 0.0311. The second-order valence-electron chi connectivity index (χ2n) is 6.27. The fourth-order valence-electron chi connectivity index (χ4n) is 2.92. The highest BCUT2D eigenvalue weighted by atomic mass is 32.2. The third kappa shape index (κ3) is 5.98. The smallest absolute Gasteiger partial charge is 0.210 e. The number of aliphatic imine (C=N–C) groups is 1. The van der Waals surface area contributed by atoms with E-state index < -0.39 is 10.0 Å². The van der Waals surface area contributed by atoms with Gasteiger partial charge in [0, 0.05) is 13.1 Å². The van der Waals surface area contributed by atoms with Gasteiger partial charge in [0.2, 0.25) is 10.0 Å². The highest BCUT2D eigenvalue weighted by Gasteiger charge is 2.25. The first-order valence-corrected chi connectivity index (χ1v) is 10.2. The molecule has 1 aliphatic heterocycles. The number of nitrogens with one attached hydrogen (secondary N) is 1. The van der Waals surface area contributed by atoms with Crippen LogP contribution in [0.5, 0.6) is 0 Å². The lowest BCUT2D eigenvalue weighted by molar-refractivity contribution is -0.00832. The molecule has 1 atom stereocenters. The third-order valence-corrected chi connectivity index (χ3v) is 4.86. The summed E-state index contributed by atoms with van der Waals surface area (Å²) < 4.78 is 28.2. The largest absolute Gasteiger partial charge is 0.370 e. The predicted octanol–water partition coefficient (Wildman–Crippen LogP) is 0.931. The highest BCUT2D eigenvalue weighted by molar-refractivity contribution is 7.89. The summed E-state index contributed by atoms with van der Waals surface area (Å²) in [6, 6.07) is 6.36. The predicted molar refractivity (Wildman–Crippen MR) is 100 cm³/mol. The Kier molecular flexibility index (Phi) is 6.80. The topological polar surface area (TPSA) is 97.0 Å². The summed E-state index contributed by atoms with van der Waals surface area (Å²) >= 11 is 0. The molecular formula is C17H28N4O3S. The zero-order valence-electron chi connectivity index (χ0n) is 15.2. The summed E-state index contributed by atoms with van der Waals surface area (Å²) in [4.78, 5) is 6.52. The summed E-state index contributed by atoms with van der Waals surface area (Å²) in [5.41, 5.74) is 3.62. The van der Waals surface area contributed by atoms with Crippen molar-refractivity contribution in [3.8, 4) is 0 Å². The third-order valence-electron chi connectivity index (χ3n) is 4.11. The van der Waals surface area contributed by atoms with Crippen LogP contribution in [-0.4, -0.2) is 57.8 Å². The summed E-state index contributed by atoms with van der Waals surface area (Å²) in [7, 11) is -3.51. The fraction of sp³-hybridized carbons (Fsp3) is 0.588. The minimum atomic E-state index is -3.51. The highest BCUT2D eigenvalue weighted by Crippen LogP contribution is 2.25. The molecule has 1 fully saturated rings. The van der Waals surface area contributed by atoms with Gasteiger partial charge in [0.05, 0.1) is 25.4 Å². The van der Waals surface area contributed by atoms with Crippen LogP contribution in [0, 0.1) is 13.8 Å². The number of morpholine rings is 1. The average molecular weight is 369 g/mol. The first kappa shape index (κ1) is 19.7. The number of ether oxygens (including phenoxy) is 1. The number of guanidine groups is 1. The van der Waals surface area contributed by atoms with Gasteiger partial charge in [-0.2, -0.15) is 0 Å². The molecule has 0 saturated carbocycles. The molecular weight excluding hydrogens is 340 g/mol. The molecule has 1 aromatic rings. The van der Waals surface area contributed by atoms with Gasteiger partial charge < -0.3 is 15.0 Å². The normalized spacial score (nSPS) is 19.1. The lowest BCUT2D eigenvalue weighted by Crippen LogP contribution is -2.48. The van der Waals surface area contributed by atoms with E-state index in [0.29, 0.717) is 32.2 Å². The number of sulfonamides is 1. The monoisotopic (exact) mass is 368 g/mol. The first-order valence-electron chi connectivity index (χ1n) is 8.52. The first-order chi connectivity index (χ1) is 11.8. The van der Waals surface area contributed by atoms with E-state index >= 15 is 0 Å². The molecule has 7 nitrogen and oxygen atoms in total. The van der Waals surface area contributed by atoms with Crippen molar-refractivity contribution >= 4 is 16.0 Å². The number of rotatable bonds is 5. The number of nitrogens with zero attached hydrogens (tertiary/aromatic N) is 2. The number of hydrogen-bond acceptors (Lipinski definition) is 4. The second kappa shape index (κ2) is 8.64. The van der Waals surface area contributed by atoms with Crippen molar-refractivity contribution in [1.29, 1.82) is 0 Å². The van der Waals surface area contributed by atoms with E-state index in [1.807, 2.05) is 6.92 Å². The number of nitrogens with two attached hydrogens (primary N) is 1. The summed E-state index contributed by atoms with van der Waals surface area (Å²) in [5, 5.41) is 8.27. The fourth-order valence-corrected chi connectivity index (χ4v) is 3.27. The molecule has 8 heteroatoms. The van der Waals surface area contributed by atoms with Crippen molar-refractivity contribution in [2.75, 3.05) is 38.5 Å². The van der Waals surface area contributed by atoms with E-state index in [9.17, 15) is 8.42 Å². The molecule has 1 aliphatic rings. The quantitative estimate of drug-likeness (QED) is 0.595. The van der Waals surface area contributed by atoms with Crippen LogP contribution in [0.1, 0.15) is 29.7 Å². The molecule has 1 aromatic carbocycles. The van der Waals surface area contributed by atoms with E-state index in [0.717, 1.165) is 0 Å². The molecule has 140 valence electrons. The Bertz CT molecular complexity index is 719. The molecule has 3 N–H and O–H groups in total. The van der Waals surface area contributed by atoms with Crippen molar-refractivity contribution in [2.45, 2.75) is 26.9 Å². The molecule has 1 heterocycles. The van der Waals surface area contributed by atoms with Gasteiger partial charge in [-0.15, -0.1) is 0 Å². The van der Waals surface area contributed by atoms with Crippen molar-refractivity contribution in [3.63, 3.8) is 0 Å². The SMILES string of the molecule is CCNC(=NCCS(N)(=O)=O)N1CCOC(c2ccc(C)cc2C)C1. The Labute approximate surface area is 150 Å². The Balaban J connectivity index is 2.12. The second-order valence-corrected chi connectivity index (χ2v) is 8.00. The maximum Gasteiger partial charge on any atom is 0.210 e. The standard InChI is InChI=1S/C17H28N4O3S/c1-4-19-17(20-7-10-25(18,22)23)21-8-9-24-16(12-21)15-6-5-13(2)11-14(15)3/h5-6,11,16H,4,7-10,12H2,1-3H3,(H,19,20)(H2,18,22,23). The molecule has 0 bridgehead atoms. The van der Waals surface area contributed by atoms with Gasteiger partial charge in [0.1, 0.15) is 6.10 Å². The lowest BCUT2D eigenvalue weighted by Gasteiger charge is -2.36. The van der Waals surface area contributed by atoms with Crippen molar-refractivity contribution in [2.24, 2.45) is 10.1 Å². The van der Waals surface area contributed by atoms with Gasteiger partial charge in [-0.1, -0.05) is 23.8 Å². The van der Waals surface area contributed by atoms with Crippen molar-refractivity contribution in [1.82, 2.24) is 10.2 Å². The van der Waals surface area contributed by atoms with Gasteiger partial charge >= 0.3 is 0 Å². The van der Waals surface area contributed by atoms with Crippen LogP contribution in [0.25, 0.3) is 0 Å². The molecule has 1 saturated heterocycles. The maximum absolute atomic E-state index is 11.1. The van der Waals surface area contributed by atoms with Crippen LogP contribution in [0.2, 0.25) is 0 Å². The molecule has 0 amide bonds. The Morgan fingerprint density at radius 3 is 2.84 bits per heavy atom. The zero-order chi connectivity index (χ0) is 18.4. The van der Waals surface area contributed by atoms with Crippen LogP contribution in [0.15, 0.2) is 23.2 Å². The summed E-state index contributed by atoms with van der Waals surface area (Å²) in [6.07, 6.45) is -0.0311. The van der Waals surface area contributed by atoms with E-state index in [4.69, 9.17) is 9.88 Å². The average Bonchev–Trinajstić information content (AvgIpc) is 2.53. The number of benzene rings is 1. The van der Waals surface area contributed by atoms with Gasteiger partial charge in [-0.3, -0.25) is 4.99 Å². The van der Waals surface area contributed by atoms with Crippen LogP contribution in [-0.2, 0) is 14.8 Å². The van der Waals surface area contributed by atoms with Crippen LogP contribution in [0.4, 0.5) is 0 Å². The van der Waals surface area contributed by atoms with E-state index in [1.54, 1.807) is 0 Å². The number of primary sulfonamides is 1. The zero-order valence-corrected chi connectivity index (χ0v) is 16.0. The van der Waals surface area contributed by atoms with Gasteiger partial charge in [0.25, 0.3) is 0 Å². The summed E-state index contributed by atoms with van der Waals surface area (Å²) in [6.45, 7) is 8.98. The van der Waals surface area contributed by atoms with Crippen molar-refractivity contribution < 1.29 is 13.2 Å². The number of hydrogen-bond donors (Lipinski definition) is 2. The molecule has 0 aliphatic carbocycles. The van der Waals surface area contributed by atoms with E-state index in [-0.39, 0.29) is 18.4 Å². The van der Waals surface area contributed by atoms with E-state index in [1.165, 1.54) is 16.7 Å². The van der Waals surface area contributed by atoms with Crippen LogP contribution >= 0.6 is 0 Å². The molecule has 0 aromatic heterocycles. The van der Waals surface area contributed by atoms with Crippen LogP contribution in [0.3, 0.4) is 0 Å². The molecule has 0 spiro atoms. The Morgan fingerprint density at radius 1 is 1.44 bits per heavy atom. The Hall–Kier alpha value is -1.64. The maximum atomic E-state index is 11.1.